The number of benzene rings is 2. The number of carbonyl (C=O) groups excluding carboxylic acids is 1. The third kappa shape index (κ3) is 3.90. The quantitative estimate of drug-likeness (QED) is 0.766. The molecule has 3 unspecified atom stereocenters. The van der Waals surface area contributed by atoms with Crippen LogP contribution in [0, 0.1) is 5.92 Å². The highest BCUT2D eigenvalue weighted by Crippen LogP contribution is 2.53. The van der Waals surface area contributed by atoms with Gasteiger partial charge in [-0.1, -0.05) is 51.1 Å². The number of rotatable bonds is 5. The molecular weight excluding hydrogens is 342 g/mol. The molecular formula is C22H27NO2S. The number of fused-ring (bicyclic) bond motifs is 1. The number of thioether (sulfide) groups is 1. The van der Waals surface area contributed by atoms with E-state index in [9.17, 15) is 9.90 Å². The highest BCUT2D eigenvalue weighted by molar-refractivity contribution is 8.00. The molecule has 1 aliphatic rings. The van der Waals surface area contributed by atoms with Crippen molar-refractivity contribution in [2.24, 2.45) is 5.92 Å². The van der Waals surface area contributed by atoms with Crippen molar-refractivity contribution in [2.45, 2.75) is 43.2 Å². The SMILES string of the molecule is CN1c2ccc(O)cc2C(SC(C)(C)C)C1C(C=O)Cc1ccccc1. The Morgan fingerprint density at radius 2 is 1.88 bits per heavy atom. The molecule has 138 valence electrons. The summed E-state index contributed by atoms with van der Waals surface area (Å²) < 4.78 is 0.0526. The van der Waals surface area contributed by atoms with Crippen molar-refractivity contribution in [1.29, 1.82) is 0 Å². The average molecular weight is 370 g/mol. The van der Waals surface area contributed by atoms with E-state index in [4.69, 9.17) is 0 Å². The van der Waals surface area contributed by atoms with Gasteiger partial charge < -0.3 is 14.8 Å². The summed E-state index contributed by atoms with van der Waals surface area (Å²) in [5.74, 6) is 0.166. The molecule has 3 atom stereocenters. The minimum atomic E-state index is -0.114. The lowest BCUT2D eigenvalue weighted by atomic mass is 9.90. The van der Waals surface area contributed by atoms with Crippen LogP contribution in [-0.2, 0) is 11.2 Å². The summed E-state index contributed by atoms with van der Waals surface area (Å²) in [6.45, 7) is 6.59. The van der Waals surface area contributed by atoms with E-state index in [1.807, 2.05) is 42.1 Å². The van der Waals surface area contributed by atoms with Crippen molar-refractivity contribution >= 4 is 23.7 Å². The summed E-state index contributed by atoms with van der Waals surface area (Å²) in [5, 5.41) is 10.2. The van der Waals surface area contributed by atoms with Crippen molar-refractivity contribution in [1.82, 2.24) is 0 Å². The molecule has 0 fully saturated rings. The second-order valence-electron chi connectivity index (χ2n) is 7.99. The fraction of sp³-hybridized carbons (Fsp3) is 0.409. The van der Waals surface area contributed by atoms with E-state index < -0.39 is 0 Å². The van der Waals surface area contributed by atoms with E-state index >= 15 is 0 Å². The Kier molecular flexibility index (Phi) is 5.33. The molecule has 4 heteroatoms. The molecule has 0 saturated heterocycles. The summed E-state index contributed by atoms with van der Waals surface area (Å²) in [7, 11) is 2.06. The summed E-state index contributed by atoms with van der Waals surface area (Å²) in [5.41, 5.74) is 3.41. The van der Waals surface area contributed by atoms with Crippen LogP contribution in [0.15, 0.2) is 48.5 Å². The number of phenols is 1. The number of aromatic hydroxyl groups is 1. The third-order valence-corrected chi connectivity index (χ3v) is 6.36. The van der Waals surface area contributed by atoms with Crippen LogP contribution in [0.2, 0.25) is 0 Å². The predicted molar refractivity (Wildman–Crippen MR) is 110 cm³/mol. The van der Waals surface area contributed by atoms with Gasteiger partial charge in [0.15, 0.2) is 0 Å². The molecule has 3 nitrogen and oxygen atoms in total. The van der Waals surface area contributed by atoms with Gasteiger partial charge in [-0.25, -0.2) is 0 Å². The minimum absolute atomic E-state index is 0.0526. The fourth-order valence-electron chi connectivity index (χ4n) is 3.80. The molecule has 0 aliphatic carbocycles. The lowest BCUT2D eigenvalue weighted by molar-refractivity contribution is -0.111. The number of anilines is 1. The van der Waals surface area contributed by atoms with Gasteiger partial charge in [-0.05, 0) is 35.7 Å². The second-order valence-corrected chi connectivity index (χ2v) is 9.95. The van der Waals surface area contributed by atoms with Crippen LogP contribution in [0.5, 0.6) is 5.75 Å². The maximum absolute atomic E-state index is 12.1. The summed E-state index contributed by atoms with van der Waals surface area (Å²) >= 11 is 1.87. The maximum Gasteiger partial charge on any atom is 0.125 e. The number of nitrogens with zero attached hydrogens (tertiary/aromatic N) is 1. The zero-order chi connectivity index (χ0) is 18.9. The van der Waals surface area contributed by atoms with Crippen LogP contribution in [0.25, 0.3) is 0 Å². The fourth-order valence-corrected chi connectivity index (χ4v) is 5.40. The number of hydrogen-bond acceptors (Lipinski definition) is 4. The number of carbonyl (C=O) groups is 1. The first-order chi connectivity index (χ1) is 12.3. The van der Waals surface area contributed by atoms with Crippen molar-refractivity contribution in [3.8, 4) is 5.75 Å². The molecule has 1 aliphatic heterocycles. The molecule has 0 radical (unpaired) electrons. The lowest BCUT2D eigenvalue weighted by Crippen LogP contribution is -2.39. The molecule has 0 aromatic heterocycles. The predicted octanol–water partition coefficient (Wildman–Crippen LogP) is 4.84. The monoisotopic (exact) mass is 369 g/mol. The first-order valence-electron chi connectivity index (χ1n) is 9.03. The van der Waals surface area contributed by atoms with Crippen LogP contribution in [0.4, 0.5) is 5.69 Å². The van der Waals surface area contributed by atoms with Crippen LogP contribution >= 0.6 is 11.8 Å². The third-order valence-electron chi connectivity index (χ3n) is 4.86. The van der Waals surface area contributed by atoms with E-state index in [0.717, 1.165) is 24.0 Å². The van der Waals surface area contributed by atoms with Gasteiger partial charge >= 0.3 is 0 Å². The Morgan fingerprint density at radius 3 is 2.50 bits per heavy atom. The van der Waals surface area contributed by atoms with Gasteiger partial charge in [0.1, 0.15) is 12.0 Å². The van der Waals surface area contributed by atoms with Crippen molar-refractivity contribution in [3.05, 3.63) is 59.7 Å². The van der Waals surface area contributed by atoms with Gasteiger partial charge in [0.25, 0.3) is 0 Å². The van der Waals surface area contributed by atoms with Crippen molar-refractivity contribution in [2.75, 3.05) is 11.9 Å². The van der Waals surface area contributed by atoms with E-state index in [0.29, 0.717) is 0 Å². The van der Waals surface area contributed by atoms with Gasteiger partial charge in [-0.2, -0.15) is 0 Å². The highest BCUT2D eigenvalue weighted by atomic mass is 32.2. The second kappa shape index (κ2) is 7.36. The van der Waals surface area contributed by atoms with E-state index in [1.165, 1.54) is 5.56 Å². The van der Waals surface area contributed by atoms with Gasteiger partial charge in [0.05, 0.1) is 11.3 Å². The minimum Gasteiger partial charge on any atom is -0.508 e. The van der Waals surface area contributed by atoms with Crippen LogP contribution in [0.1, 0.15) is 37.1 Å². The molecule has 1 N–H and O–H groups in total. The van der Waals surface area contributed by atoms with Gasteiger partial charge in [-0.3, -0.25) is 0 Å². The summed E-state index contributed by atoms with van der Waals surface area (Å²) in [6.07, 6.45) is 1.83. The Balaban J connectivity index is 1.98. The molecule has 2 aromatic rings. The molecule has 0 amide bonds. The molecule has 0 spiro atoms. The van der Waals surface area contributed by atoms with Crippen LogP contribution in [0.3, 0.4) is 0 Å². The first-order valence-corrected chi connectivity index (χ1v) is 9.91. The van der Waals surface area contributed by atoms with Crippen molar-refractivity contribution < 1.29 is 9.90 Å². The topological polar surface area (TPSA) is 40.5 Å². The number of phenolic OH excluding ortho intramolecular Hbond substituents is 1. The highest BCUT2D eigenvalue weighted by Gasteiger charge is 2.43. The zero-order valence-electron chi connectivity index (χ0n) is 15.8. The number of hydrogen-bond donors (Lipinski definition) is 1. The molecule has 2 aromatic carbocycles. The average Bonchev–Trinajstić information content (AvgIpc) is 2.84. The number of aldehydes is 1. The van der Waals surface area contributed by atoms with E-state index in [-0.39, 0.29) is 27.7 Å². The van der Waals surface area contributed by atoms with Crippen LogP contribution < -0.4 is 4.90 Å². The Bertz CT molecular complexity index is 769. The van der Waals surface area contributed by atoms with E-state index in [1.54, 1.807) is 6.07 Å². The normalized spacial score (nSPS) is 20.7. The molecule has 0 bridgehead atoms. The van der Waals surface area contributed by atoms with Crippen molar-refractivity contribution in [3.63, 3.8) is 0 Å². The maximum atomic E-state index is 12.1. The zero-order valence-corrected chi connectivity index (χ0v) is 16.7. The summed E-state index contributed by atoms with van der Waals surface area (Å²) in [4.78, 5) is 14.3. The largest absolute Gasteiger partial charge is 0.508 e. The lowest BCUT2D eigenvalue weighted by Gasteiger charge is -2.34. The molecule has 3 rings (SSSR count). The van der Waals surface area contributed by atoms with E-state index in [2.05, 4.69) is 44.9 Å². The van der Waals surface area contributed by atoms with Gasteiger partial charge in [0.2, 0.25) is 0 Å². The smallest absolute Gasteiger partial charge is 0.125 e. The van der Waals surface area contributed by atoms with Gasteiger partial charge in [-0.15, -0.1) is 11.8 Å². The molecule has 26 heavy (non-hydrogen) atoms. The Labute approximate surface area is 160 Å². The molecule has 0 saturated carbocycles. The standard InChI is InChI=1S/C22H27NO2S/c1-22(2,3)26-21-18-13-17(25)10-11-19(18)23(4)20(21)16(14-24)12-15-8-6-5-7-9-15/h5-11,13-14,16,20-21,25H,12H2,1-4H3. The first kappa shape index (κ1) is 18.8. The Hall–Kier alpha value is -1.94. The van der Waals surface area contributed by atoms with Gasteiger partial charge in [0, 0.05) is 23.4 Å². The number of likely N-dealkylation sites (N-methyl/N-ethyl adjacent to an activating group) is 1. The Morgan fingerprint density at radius 1 is 1.19 bits per heavy atom. The summed E-state index contributed by atoms with van der Waals surface area (Å²) in [6, 6.07) is 15.8. The van der Waals surface area contributed by atoms with Crippen LogP contribution in [-0.4, -0.2) is 29.2 Å². The molecule has 1 heterocycles.